The molecule has 1 aliphatic rings. The minimum Gasteiger partial charge on any atom is -0.404 e. The maximum atomic E-state index is 13.4. The Bertz CT molecular complexity index is 1360. The largest absolute Gasteiger partial charge is 0.404 e. The van der Waals surface area contributed by atoms with Gasteiger partial charge >= 0.3 is 0 Å². The first kappa shape index (κ1) is 27.8. The van der Waals surface area contributed by atoms with Crippen LogP contribution in [0.15, 0.2) is 77.9 Å². The van der Waals surface area contributed by atoms with Crippen LogP contribution in [0.25, 0.3) is 5.57 Å². The number of aryl methyl sites for hydroxylation is 1. The second-order valence-corrected chi connectivity index (χ2v) is 10.5. The lowest BCUT2D eigenvalue weighted by atomic mass is 9.88. The van der Waals surface area contributed by atoms with E-state index in [0.717, 1.165) is 29.5 Å². The van der Waals surface area contributed by atoms with E-state index in [4.69, 9.17) is 5.73 Å². The van der Waals surface area contributed by atoms with Crippen molar-refractivity contribution in [3.05, 3.63) is 106 Å². The molecule has 0 aromatic heterocycles. The van der Waals surface area contributed by atoms with Gasteiger partial charge in [-0.15, -0.1) is 0 Å². The molecular weight excluding hydrogens is 484 g/mol. The Morgan fingerprint density at radius 1 is 0.949 bits per heavy atom. The summed E-state index contributed by atoms with van der Waals surface area (Å²) in [4.78, 5) is 32.2. The van der Waals surface area contributed by atoms with Crippen molar-refractivity contribution in [1.29, 1.82) is 0 Å². The van der Waals surface area contributed by atoms with E-state index in [2.05, 4.69) is 48.4 Å². The van der Waals surface area contributed by atoms with Crippen molar-refractivity contribution in [3.8, 4) is 0 Å². The molecule has 2 amide bonds. The molecule has 0 bridgehead atoms. The summed E-state index contributed by atoms with van der Waals surface area (Å²) in [6.07, 6.45) is 5.13. The van der Waals surface area contributed by atoms with E-state index in [1.54, 1.807) is 25.5 Å². The molecule has 0 radical (unpaired) electrons. The van der Waals surface area contributed by atoms with Crippen LogP contribution in [0.4, 0.5) is 5.69 Å². The zero-order chi connectivity index (χ0) is 27.9. The minimum atomic E-state index is -0.180. The van der Waals surface area contributed by atoms with Gasteiger partial charge in [-0.05, 0) is 78.1 Å². The van der Waals surface area contributed by atoms with Crippen molar-refractivity contribution >= 4 is 29.3 Å². The molecule has 0 aliphatic carbocycles. The number of rotatable bonds is 7. The fourth-order valence-electron chi connectivity index (χ4n) is 5.00. The molecule has 1 heterocycles. The first-order chi connectivity index (χ1) is 18.8. The predicted molar refractivity (Wildman–Crippen MR) is 161 cm³/mol. The molecule has 3 aromatic rings. The third-order valence-electron chi connectivity index (χ3n) is 7.52. The number of benzene rings is 3. The first-order valence-electron chi connectivity index (χ1n) is 13.6. The number of nitrogens with one attached hydrogen (secondary N) is 1. The van der Waals surface area contributed by atoms with Crippen molar-refractivity contribution in [1.82, 2.24) is 4.90 Å². The summed E-state index contributed by atoms with van der Waals surface area (Å²) in [5, 5.41) is 3.00. The highest BCUT2D eigenvalue weighted by Crippen LogP contribution is 2.30. The Labute approximate surface area is 231 Å². The third kappa shape index (κ3) is 6.63. The van der Waals surface area contributed by atoms with Gasteiger partial charge in [-0.2, -0.15) is 0 Å². The fourth-order valence-corrected chi connectivity index (χ4v) is 5.00. The molecule has 6 heteroatoms. The number of nitrogens with two attached hydrogens (primary N) is 1. The van der Waals surface area contributed by atoms with E-state index in [1.165, 1.54) is 11.1 Å². The zero-order valence-electron chi connectivity index (χ0n) is 23.3. The lowest BCUT2D eigenvalue weighted by Gasteiger charge is -2.32. The monoisotopic (exact) mass is 522 g/mol. The number of hydrogen-bond acceptors (Lipinski definition) is 4. The maximum Gasteiger partial charge on any atom is 0.255 e. The second-order valence-electron chi connectivity index (χ2n) is 10.5. The number of piperidine rings is 1. The molecule has 3 N–H and O–H groups in total. The van der Waals surface area contributed by atoms with Crippen LogP contribution in [0, 0.1) is 6.92 Å². The van der Waals surface area contributed by atoms with Crippen LogP contribution in [0.3, 0.4) is 0 Å². The zero-order valence-corrected chi connectivity index (χ0v) is 23.3. The molecule has 39 heavy (non-hydrogen) atoms. The van der Waals surface area contributed by atoms with Gasteiger partial charge < -0.3 is 16.0 Å². The summed E-state index contributed by atoms with van der Waals surface area (Å²) in [6.45, 7) is 7.57. The smallest absolute Gasteiger partial charge is 0.255 e. The van der Waals surface area contributed by atoms with E-state index in [-0.39, 0.29) is 11.8 Å². The van der Waals surface area contributed by atoms with Gasteiger partial charge in [0.1, 0.15) is 0 Å². The summed E-state index contributed by atoms with van der Waals surface area (Å²) in [5.74, 6) is 0.631. The Kier molecular flexibility index (Phi) is 8.97. The Morgan fingerprint density at radius 2 is 1.56 bits per heavy atom. The van der Waals surface area contributed by atoms with Gasteiger partial charge in [0.05, 0.1) is 0 Å². The highest BCUT2D eigenvalue weighted by Gasteiger charge is 2.25. The van der Waals surface area contributed by atoms with Gasteiger partial charge in [-0.1, -0.05) is 56.3 Å². The van der Waals surface area contributed by atoms with E-state index >= 15 is 0 Å². The van der Waals surface area contributed by atoms with Gasteiger partial charge in [0.15, 0.2) is 0 Å². The molecule has 4 rings (SSSR count). The number of amides is 2. The number of anilines is 1. The van der Waals surface area contributed by atoms with E-state index in [9.17, 15) is 9.59 Å². The molecule has 1 fully saturated rings. The molecule has 0 unspecified atom stereocenters. The maximum absolute atomic E-state index is 13.4. The fraction of sp³-hybridized carbons (Fsp3) is 0.303. The van der Waals surface area contributed by atoms with Gasteiger partial charge in [-0.3, -0.25) is 14.6 Å². The second kappa shape index (κ2) is 12.6. The molecule has 0 saturated carbocycles. The highest BCUT2D eigenvalue weighted by atomic mass is 16.2. The number of likely N-dealkylation sites (tertiary alicyclic amines) is 1. The summed E-state index contributed by atoms with van der Waals surface area (Å²) in [7, 11) is 1.73. The first-order valence-corrected chi connectivity index (χ1v) is 13.6. The van der Waals surface area contributed by atoms with E-state index in [0.29, 0.717) is 41.7 Å². The number of nitrogens with zero attached hydrogens (tertiary/aromatic N) is 2. The number of carbonyl (C=O) groups is 2. The van der Waals surface area contributed by atoms with Gasteiger partial charge in [0.25, 0.3) is 11.8 Å². The molecular formula is C33H38N4O2. The summed E-state index contributed by atoms with van der Waals surface area (Å²) in [5.41, 5.74) is 12.9. The average Bonchev–Trinajstić information content (AvgIpc) is 2.97. The van der Waals surface area contributed by atoms with E-state index < -0.39 is 0 Å². The van der Waals surface area contributed by atoms with Crippen LogP contribution in [-0.2, 0) is 0 Å². The van der Waals surface area contributed by atoms with Crippen molar-refractivity contribution < 1.29 is 9.59 Å². The summed E-state index contributed by atoms with van der Waals surface area (Å²) < 4.78 is 0. The Morgan fingerprint density at radius 3 is 2.15 bits per heavy atom. The average molecular weight is 523 g/mol. The number of carbonyl (C=O) groups excluding carboxylic acids is 2. The van der Waals surface area contributed by atoms with Crippen molar-refractivity contribution in [3.63, 3.8) is 0 Å². The lowest BCUT2D eigenvalue weighted by molar-refractivity contribution is 0.0712. The van der Waals surface area contributed by atoms with Crippen LogP contribution in [0.1, 0.15) is 81.5 Å². The molecule has 1 saturated heterocycles. The van der Waals surface area contributed by atoms with Crippen molar-refractivity contribution in [2.45, 2.75) is 45.4 Å². The molecule has 6 nitrogen and oxygen atoms in total. The number of aliphatic imine (C=N–C) groups is 1. The van der Waals surface area contributed by atoms with Crippen molar-refractivity contribution in [2.24, 2.45) is 10.7 Å². The predicted octanol–water partition coefficient (Wildman–Crippen LogP) is 6.39. The summed E-state index contributed by atoms with van der Waals surface area (Å²) in [6, 6.07) is 21.7. The van der Waals surface area contributed by atoms with Crippen LogP contribution in [0.5, 0.6) is 0 Å². The normalized spacial score (nSPS) is 14.7. The number of allylic oxidation sites excluding steroid dienone is 1. The van der Waals surface area contributed by atoms with Crippen LogP contribution in [0.2, 0.25) is 0 Å². The third-order valence-corrected chi connectivity index (χ3v) is 7.52. The standard InChI is InChI=1S/C33H38N4O2/c1-22(2)24-7-13-28(14-8-24)32(38)36-31-19-29(6-5-23(31)3)33(39)37-17-15-27(16-18-37)25-9-11-26(12-10-25)30(20-34)21-35-4/h5-14,19-22,27H,15-18,34H2,1-4H3,(H,36,38). The molecule has 202 valence electrons. The van der Waals surface area contributed by atoms with E-state index in [1.807, 2.05) is 48.2 Å². The highest BCUT2D eigenvalue weighted by molar-refractivity contribution is 6.09. The topological polar surface area (TPSA) is 87.8 Å². The lowest BCUT2D eigenvalue weighted by Crippen LogP contribution is -2.38. The SMILES string of the molecule is CN=CC(=CN)c1ccc(C2CCN(C(=O)c3ccc(C)c(NC(=O)c4ccc(C(C)C)cc4)c3)CC2)cc1. The quantitative estimate of drug-likeness (QED) is 0.353. The van der Waals surface area contributed by atoms with Gasteiger partial charge in [0.2, 0.25) is 0 Å². The Hall–Kier alpha value is -4.19. The van der Waals surface area contributed by atoms with Crippen LogP contribution in [-0.4, -0.2) is 43.1 Å². The van der Waals surface area contributed by atoms with Gasteiger partial charge in [-0.25, -0.2) is 0 Å². The minimum absolute atomic E-state index is 0.00263. The Balaban J connectivity index is 1.38. The van der Waals surface area contributed by atoms with Crippen LogP contribution < -0.4 is 11.1 Å². The van der Waals surface area contributed by atoms with Gasteiger partial charge in [0, 0.05) is 54.9 Å². The number of hydrogen-bond donors (Lipinski definition) is 2. The van der Waals surface area contributed by atoms with Crippen molar-refractivity contribution in [2.75, 3.05) is 25.5 Å². The van der Waals surface area contributed by atoms with Crippen LogP contribution >= 0.6 is 0 Å². The molecule has 1 aliphatic heterocycles. The molecule has 0 spiro atoms. The molecule has 3 aromatic carbocycles. The molecule has 0 atom stereocenters. The summed E-state index contributed by atoms with van der Waals surface area (Å²) >= 11 is 0.